The monoisotopic (exact) mass is 534 g/mol. The van der Waals surface area contributed by atoms with Gasteiger partial charge >= 0.3 is 0 Å². The summed E-state index contributed by atoms with van der Waals surface area (Å²) in [5, 5.41) is 16.8. The molecule has 0 aliphatic rings. The van der Waals surface area contributed by atoms with Crippen molar-refractivity contribution in [1.82, 2.24) is 9.13 Å². The summed E-state index contributed by atoms with van der Waals surface area (Å²) in [5.74, 6) is 0. The molecule has 0 unspecified atom stereocenters. The molecule has 0 amide bonds. The van der Waals surface area contributed by atoms with Crippen LogP contribution in [0.1, 0.15) is 75.3 Å². The van der Waals surface area contributed by atoms with E-state index in [-0.39, 0.29) is 0 Å². The molecule has 0 aliphatic carbocycles. The summed E-state index contributed by atoms with van der Waals surface area (Å²) < 4.78 is 4.14. The number of aryl methyl sites for hydroxylation is 4. The minimum Gasteiger partial charge on any atom is -0.333 e. The second kappa shape index (κ2) is 15.2. The molecule has 0 saturated heterocycles. The predicted octanol–water partition coefficient (Wildman–Crippen LogP) is 8.80. The molecule has 4 nitrogen and oxygen atoms in total. The van der Waals surface area contributed by atoms with Crippen LogP contribution in [0.5, 0.6) is 0 Å². The summed E-state index contributed by atoms with van der Waals surface area (Å²) in [7, 11) is 0. The summed E-state index contributed by atoms with van der Waals surface area (Å²) in [6.45, 7) is 6.06. The van der Waals surface area contributed by atoms with Crippen molar-refractivity contribution in [2.24, 2.45) is 0 Å². The van der Waals surface area contributed by atoms with E-state index in [0.717, 1.165) is 37.1 Å². The van der Waals surface area contributed by atoms with Gasteiger partial charge in [0.1, 0.15) is 11.0 Å². The molecule has 4 aromatic rings. The van der Waals surface area contributed by atoms with Crippen LogP contribution in [0.15, 0.2) is 85.2 Å². The minimum atomic E-state index is 0.592. The Hall–Kier alpha value is -3.66. The van der Waals surface area contributed by atoms with Crippen LogP contribution in [0.4, 0.5) is 0 Å². The van der Waals surface area contributed by atoms with Gasteiger partial charge in [0, 0.05) is 25.5 Å². The smallest absolute Gasteiger partial charge is 0.125 e. The third kappa shape index (κ3) is 8.94. The highest BCUT2D eigenvalue weighted by atomic mass is 15.0. The number of nitrogens with one attached hydrogen (secondary N) is 2. The van der Waals surface area contributed by atoms with Gasteiger partial charge in [-0.05, 0) is 73.2 Å². The molecular formula is C36H46N4. The van der Waals surface area contributed by atoms with Gasteiger partial charge in [0.25, 0.3) is 0 Å². The van der Waals surface area contributed by atoms with Gasteiger partial charge < -0.3 is 9.13 Å². The molecule has 2 N–H and O–H groups in total. The number of nitrogens with zero attached hydrogens (tertiary/aromatic N) is 2. The first-order chi connectivity index (χ1) is 19.5. The molecule has 0 aliphatic heterocycles. The first-order valence-corrected chi connectivity index (χ1v) is 15.1. The Kier molecular flexibility index (Phi) is 11.2. The molecule has 0 radical (unpaired) electrons. The number of hydrogen-bond acceptors (Lipinski definition) is 2. The average molecular weight is 535 g/mol. The highest BCUT2D eigenvalue weighted by Crippen LogP contribution is 2.19. The normalized spacial score (nSPS) is 11.2. The van der Waals surface area contributed by atoms with Crippen molar-refractivity contribution in [3.8, 4) is 22.3 Å². The van der Waals surface area contributed by atoms with Crippen molar-refractivity contribution < 1.29 is 0 Å². The first kappa shape index (κ1) is 29.3. The van der Waals surface area contributed by atoms with E-state index in [1.54, 1.807) is 0 Å². The van der Waals surface area contributed by atoms with Crippen LogP contribution in [0, 0.1) is 24.7 Å². The Morgan fingerprint density at radius 1 is 0.425 bits per heavy atom. The molecule has 0 bridgehead atoms. The van der Waals surface area contributed by atoms with Crippen LogP contribution in [-0.2, 0) is 13.1 Å². The van der Waals surface area contributed by atoms with E-state index < -0.39 is 0 Å². The molecule has 4 rings (SSSR count). The zero-order chi connectivity index (χ0) is 28.2. The van der Waals surface area contributed by atoms with Gasteiger partial charge in [-0.3, -0.25) is 10.8 Å². The Morgan fingerprint density at radius 3 is 1.07 bits per heavy atom. The lowest BCUT2D eigenvalue weighted by atomic mass is 10.1. The molecular weight excluding hydrogens is 488 g/mol. The number of pyridine rings is 2. The van der Waals surface area contributed by atoms with Crippen LogP contribution < -0.4 is 11.0 Å². The van der Waals surface area contributed by atoms with Crippen molar-refractivity contribution >= 4 is 0 Å². The van der Waals surface area contributed by atoms with E-state index in [0.29, 0.717) is 11.0 Å². The maximum absolute atomic E-state index is 8.40. The molecule has 40 heavy (non-hydrogen) atoms. The fourth-order valence-electron chi connectivity index (χ4n) is 5.28. The maximum Gasteiger partial charge on any atom is 0.125 e. The summed E-state index contributed by atoms with van der Waals surface area (Å²) in [5.41, 5.74) is 8.30. The highest BCUT2D eigenvalue weighted by molar-refractivity contribution is 5.63. The predicted molar refractivity (Wildman–Crippen MR) is 167 cm³/mol. The van der Waals surface area contributed by atoms with Crippen molar-refractivity contribution in [2.75, 3.05) is 0 Å². The Morgan fingerprint density at radius 2 is 0.750 bits per heavy atom. The van der Waals surface area contributed by atoms with E-state index in [1.807, 2.05) is 12.1 Å². The van der Waals surface area contributed by atoms with Crippen molar-refractivity contribution in [3.63, 3.8) is 0 Å². The van der Waals surface area contributed by atoms with Crippen LogP contribution in [0.25, 0.3) is 22.3 Å². The second-order valence-corrected chi connectivity index (χ2v) is 11.3. The molecule has 2 heterocycles. The Labute approximate surface area is 240 Å². The number of benzene rings is 2. The SMILES string of the molecule is Cc1ccc(-c2ccn(CCCCCCCCCCCCn3ccc(-c4ccc(C)cc4)cc3=N)c(=N)c2)cc1. The van der Waals surface area contributed by atoms with E-state index >= 15 is 0 Å². The fraction of sp³-hybridized carbons (Fsp3) is 0.389. The topological polar surface area (TPSA) is 57.6 Å². The van der Waals surface area contributed by atoms with Gasteiger partial charge in [-0.25, -0.2) is 0 Å². The van der Waals surface area contributed by atoms with Gasteiger partial charge in [-0.15, -0.1) is 0 Å². The van der Waals surface area contributed by atoms with Gasteiger partial charge in [0.15, 0.2) is 0 Å². The third-order valence-electron chi connectivity index (χ3n) is 7.89. The van der Waals surface area contributed by atoms with Crippen molar-refractivity contribution in [2.45, 2.75) is 91.1 Å². The Balaban J connectivity index is 1.03. The highest BCUT2D eigenvalue weighted by Gasteiger charge is 2.02. The molecule has 2 aromatic carbocycles. The zero-order valence-electron chi connectivity index (χ0n) is 24.5. The summed E-state index contributed by atoms with van der Waals surface area (Å²) in [4.78, 5) is 0. The minimum absolute atomic E-state index is 0.592. The molecule has 210 valence electrons. The Bertz CT molecular complexity index is 1330. The quantitative estimate of drug-likeness (QED) is 0.143. The second-order valence-electron chi connectivity index (χ2n) is 11.3. The van der Waals surface area contributed by atoms with Gasteiger partial charge in [0.05, 0.1) is 0 Å². The summed E-state index contributed by atoms with van der Waals surface area (Å²) in [6, 6.07) is 25.3. The molecule has 0 fully saturated rings. The van der Waals surface area contributed by atoms with E-state index in [1.165, 1.54) is 73.6 Å². The summed E-state index contributed by atoms with van der Waals surface area (Å²) in [6.07, 6.45) is 16.8. The lowest BCUT2D eigenvalue weighted by Crippen LogP contribution is -2.18. The molecule has 4 heteroatoms. The van der Waals surface area contributed by atoms with Crippen LogP contribution in [0.2, 0.25) is 0 Å². The van der Waals surface area contributed by atoms with Crippen molar-refractivity contribution in [1.29, 1.82) is 10.8 Å². The molecule has 2 aromatic heterocycles. The van der Waals surface area contributed by atoms with Crippen LogP contribution in [-0.4, -0.2) is 9.13 Å². The van der Waals surface area contributed by atoms with E-state index in [4.69, 9.17) is 10.8 Å². The number of hydrogen-bond donors (Lipinski definition) is 2. The maximum atomic E-state index is 8.40. The van der Waals surface area contributed by atoms with E-state index in [9.17, 15) is 0 Å². The average Bonchev–Trinajstić information content (AvgIpc) is 2.96. The number of unbranched alkanes of at least 4 members (excludes halogenated alkanes) is 9. The lowest BCUT2D eigenvalue weighted by Gasteiger charge is -2.10. The van der Waals surface area contributed by atoms with Gasteiger partial charge in [-0.1, -0.05) is 111 Å². The zero-order valence-corrected chi connectivity index (χ0v) is 24.5. The third-order valence-corrected chi connectivity index (χ3v) is 7.89. The fourth-order valence-corrected chi connectivity index (χ4v) is 5.28. The van der Waals surface area contributed by atoms with Crippen LogP contribution >= 0.6 is 0 Å². The van der Waals surface area contributed by atoms with Crippen molar-refractivity contribution in [3.05, 3.63) is 107 Å². The summed E-state index contributed by atoms with van der Waals surface area (Å²) >= 11 is 0. The first-order valence-electron chi connectivity index (χ1n) is 15.1. The van der Waals surface area contributed by atoms with Gasteiger partial charge in [-0.2, -0.15) is 0 Å². The van der Waals surface area contributed by atoms with Crippen LogP contribution in [0.3, 0.4) is 0 Å². The molecule has 0 spiro atoms. The number of aromatic nitrogens is 2. The standard InChI is InChI=1S/C36H46N4/c1-29-13-17-31(18-14-29)33-21-25-39(35(37)27-33)23-11-9-7-5-3-4-6-8-10-12-24-40-26-22-34(28-36(40)38)32-19-15-30(2)16-20-32/h13-22,25-28,37-38H,3-12,23-24H2,1-2H3. The van der Waals surface area contributed by atoms with Gasteiger partial charge in [0.2, 0.25) is 0 Å². The largest absolute Gasteiger partial charge is 0.333 e. The number of rotatable bonds is 15. The lowest BCUT2D eigenvalue weighted by molar-refractivity contribution is 0.514. The molecule has 0 saturated carbocycles. The van der Waals surface area contributed by atoms with E-state index in [2.05, 4.69) is 96.0 Å². The molecule has 0 atom stereocenters.